The lowest BCUT2D eigenvalue weighted by molar-refractivity contribution is 0.517. The van der Waals surface area contributed by atoms with E-state index in [1.54, 1.807) is 0 Å². The van der Waals surface area contributed by atoms with E-state index >= 15 is 0 Å². The Bertz CT molecular complexity index is 802. The Morgan fingerprint density at radius 3 is 2.54 bits per heavy atom. The third kappa shape index (κ3) is 5.15. The van der Waals surface area contributed by atoms with Crippen LogP contribution in [-0.4, -0.2) is 34.9 Å². The van der Waals surface area contributed by atoms with Crippen molar-refractivity contribution < 1.29 is 0 Å². The van der Waals surface area contributed by atoms with Crippen molar-refractivity contribution in [1.82, 2.24) is 20.4 Å². The summed E-state index contributed by atoms with van der Waals surface area (Å²) in [5, 5.41) is 11.6. The zero-order chi connectivity index (χ0) is 20.1. The molecule has 1 unspecified atom stereocenters. The molecule has 152 valence electrons. The summed E-state index contributed by atoms with van der Waals surface area (Å²) in [5.41, 5.74) is 5.47. The van der Waals surface area contributed by atoms with Gasteiger partial charge >= 0.3 is 0 Å². The van der Waals surface area contributed by atoms with E-state index in [0.717, 1.165) is 37.6 Å². The molecule has 1 aliphatic rings. The minimum absolute atomic E-state index is 0.295. The van der Waals surface area contributed by atoms with Gasteiger partial charge in [0, 0.05) is 31.9 Å². The van der Waals surface area contributed by atoms with Crippen molar-refractivity contribution in [2.75, 3.05) is 13.1 Å². The molecule has 5 nitrogen and oxygen atoms in total. The first-order chi connectivity index (χ1) is 13.4. The molecular formula is C23H35N5. The number of aromatic nitrogens is 2. The topological polar surface area (TPSA) is 54.2 Å². The molecule has 2 N–H and O–H groups in total. The number of benzene rings is 1. The van der Waals surface area contributed by atoms with Gasteiger partial charge in [-0.05, 0) is 69.9 Å². The molecule has 2 aromatic rings. The second-order valence-corrected chi connectivity index (χ2v) is 8.38. The molecule has 1 saturated carbocycles. The second kappa shape index (κ2) is 8.80. The summed E-state index contributed by atoms with van der Waals surface area (Å²) >= 11 is 0. The Balaban J connectivity index is 1.61. The molecule has 28 heavy (non-hydrogen) atoms. The van der Waals surface area contributed by atoms with E-state index in [1.165, 1.54) is 29.7 Å². The van der Waals surface area contributed by atoms with Crippen LogP contribution in [0.15, 0.2) is 35.3 Å². The predicted octanol–water partition coefficient (Wildman–Crippen LogP) is 3.55. The smallest absolute Gasteiger partial charge is 0.191 e. The maximum absolute atomic E-state index is 4.95. The third-order valence-electron chi connectivity index (χ3n) is 5.85. The van der Waals surface area contributed by atoms with E-state index in [9.17, 15) is 0 Å². The molecule has 0 amide bonds. The molecule has 0 radical (unpaired) electrons. The highest BCUT2D eigenvalue weighted by atomic mass is 15.3. The van der Waals surface area contributed by atoms with Crippen molar-refractivity contribution in [1.29, 1.82) is 0 Å². The Morgan fingerprint density at radius 1 is 1.25 bits per heavy atom. The highest BCUT2D eigenvalue weighted by Crippen LogP contribution is 2.48. The molecule has 5 heteroatoms. The van der Waals surface area contributed by atoms with Crippen LogP contribution in [0, 0.1) is 19.3 Å². The van der Waals surface area contributed by atoms with Crippen LogP contribution >= 0.6 is 0 Å². The monoisotopic (exact) mass is 381 g/mol. The van der Waals surface area contributed by atoms with E-state index in [0.29, 0.717) is 11.5 Å². The number of guanidine groups is 1. The highest BCUT2D eigenvalue weighted by Gasteiger charge is 2.42. The van der Waals surface area contributed by atoms with Crippen molar-refractivity contribution in [2.24, 2.45) is 17.5 Å². The highest BCUT2D eigenvalue weighted by molar-refractivity contribution is 5.80. The molecule has 1 aliphatic carbocycles. The van der Waals surface area contributed by atoms with Crippen LogP contribution in [0.25, 0.3) is 0 Å². The Morgan fingerprint density at radius 2 is 1.96 bits per heavy atom. The van der Waals surface area contributed by atoms with Gasteiger partial charge in [0.25, 0.3) is 0 Å². The first kappa shape index (κ1) is 20.4. The SMILES string of the molecule is CCNC(=NCC1(Cc2ccccc2)CC1)NC(C)Cc1c(C)nn(C)c1C. The maximum Gasteiger partial charge on any atom is 0.191 e. The van der Waals surface area contributed by atoms with Gasteiger partial charge in [0.05, 0.1) is 5.69 Å². The minimum Gasteiger partial charge on any atom is -0.357 e. The van der Waals surface area contributed by atoms with E-state index in [2.05, 4.69) is 73.8 Å². The van der Waals surface area contributed by atoms with Gasteiger partial charge < -0.3 is 10.6 Å². The summed E-state index contributed by atoms with van der Waals surface area (Å²) in [7, 11) is 2.01. The van der Waals surface area contributed by atoms with Gasteiger partial charge in [0.1, 0.15) is 0 Å². The standard InChI is InChI=1S/C23H35N5/c1-6-24-22(26-17(2)14-21-18(3)27-28(5)19(21)4)25-16-23(12-13-23)15-20-10-8-7-9-11-20/h7-11,17H,6,12-16H2,1-5H3,(H2,24,25,26). The number of hydrogen-bond acceptors (Lipinski definition) is 2. The zero-order valence-corrected chi connectivity index (χ0v) is 18.0. The summed E-state index contributed by atoms with van der Waals surface area (Å²) in [6.07, 6.45) is 4.62. The molecule has 0 aliphatic heterocycles. The molecular weight excluding hydrogens is 346 g/mol. The van der Waals surface area contributed by atoms with E-state index in [-0.39, 0.29) is 0 Å². The second-order valence-electron chi connectivity index (χ2n) is 8.38. The lowest BCUT2D eigenvalue weighted by Gasteiger charge is -2.20. The Labute approximate surface area is 169 Å². The van der Waals surface area contributed by atoms with Gasteiger partial charge in [-0.1, -0.05) is 30.3 Å². The lowest BCUT2D eigenvalue weighted by atomic mass is 9.97. The van der Waals surface area contributed by atoms with Crippen molar-refractivity contribution in [3.05, 3.63) is 52.8 Å². The number of nitrogens with zero attached hydrogens (tertiary/aromatic N) is 3. The van der Waals surface area contributed by atoms with Crippen LogP contribution in [-0.2, 0) is 19.9 Å². The fraction of sp³-hybridized carbons (Fsp3) is 0.565. The van der Waals surface area contributed by atoms with Crippen LogP contribution < -0.4 is 10.6 Å². The van der Waals surface area contributed by atoms with Crippen LogP contribution in [0.1, 0.15) is 49.2 Å². The molecule has 1 fully saturated rings. The number of aryl methyl sites for hydroxylation is 2. The van der Waals surface area contributed by atoms with Gasteiger partial charge in [-0.2, -0.15) is 5.10 Å². The first-order valence-electron chi connectivity index (χ1n) is 10.5. The molecule has 3 rings (SSSR count). The van der Waals surface area contributed by atoms with Gasteiger partial charge in [-0.15, -0.1) is 0 Å². The van der Waals surface area contributed by atoms with Crippen LogP contribution in [0.5, 0.6) is 0 Å². The Hall–Kier alpha value is -2.30. The normalized spacial score (nSPS) is 16.7. The molecule has 0 spiro atoms. The van der Waals surface area contributed by atoms with Crippen molar-refractivity contribution in [2.45, 2.75) is 59.4 Å². The molecule has 1 heterocycles. The lowest BCUT2D eigenvalue weighted by Crippen LogP contribution is -2.43. The van der Waals surface area contributed by atoms with E-state index < -0.39 is 0 Å². The van der Waals surface area contributed by atoms with Gasteiger partial charge in [-0.25, -0.2) is 0 Å². The quantitative estimate of drug-likeness (QED) is 0.543. The summed E-state index contributed by atoms with van der Waals surface area (Å²) < 4.78 is 1.97. The number of hydrogen-bond donors (Lipinski definition) is 2. The molecule has 1 aromatic heterocycles. The van der Waals surface area contributed by atoms with Crippen LogP contribution in [0.4, 0.5) is 0 Å². The number of rotatable bonds is 8. The fourth-order valence-electron chi connectivity index (χ4n) is 3.87. The summed E-state index contributed by atoms with van der Waals surface area (Å²) in [4.78, 5) is 4.95. The van der Waals surface area contributed by atoms with Gasteiger partial charge in [0.15, 0.2) is 5.96 Å². The molecule has 0 bridgehead atoms. The molecule has 1 atom stereocenters. The number of aliphatic imine (C=N–C) groups is 1. The largest absolute Gasteiger partial charge is 0.357 e. The zero-order valence-electron chi connectivity index (χ0n) is 18.0. The van der Waals surface area contributed by atoms with Crippen molar-refractivity contribution in [3.8, 4) is 0 Å². The first-order valence-corrected chi connectivity index (χ1v) is 10.5. The summed E-state index contributed by atoms with van der Waals surface area (Å²) in [6.45, 7) is 10.3. The molecule has 1 aromatic carbocycles. The van der Waals surface area contributed by atoms with Crippen molar-refractivity contribution in [3.63, 3.8) is 0 Å². The van der Waals surface area contributed by atoms with E-state index in [4.69, 9.17) is 4.99 Å². The fourth-order valence-corrected chi connectivity index (χ4v) is 3.87. The number of nitrogens with one attached hydrogen (secondary N) is 2. The average Bonchev–Trinajstić information content (AvgIpc) is 3.39. The van der Waals surface area contributed by atoms with Gasteiger partial charge in [0.2, 0.25) is 0 Å². The third-order valence-corrected chi connectivity index (χ3v) is 5.85. The summed E-state index contributed by atoms with van der Waals surface area (Å²) in [5.74, 6) is 0.925. The van der Waals surface area contributed by atoms with Crippen LogP contribution in [0.3, 0.4) is 0 Å². The summed E-state index contributed by atoms with van der Waals surface area (Å²) in [6, 6.07) is 11.1. The van der Waals surface area contributed by atoms with Gasteiger partial charge in [-0.3, -0.25) is 9.67 Å². The molecule has 0 saturated heterocycles. The minimum atomic E-state index is 0.295. The van der Waals surface area contributed by atoms with E-state index in [1.807, 2.05) is 11.7 Å². The van der Waals surface area contributed by atoms with Crippen LogP contribution in [0.2, 0.25) is 0 Å². The Kier molecular flexibility index (Phi) is 6.42. The predicted molar refractivity (Wildman–Crippen MR) is 117 cm³/mol. The van der Waals surface area contributed by atoms with Crippen molar-refractivity contribution >= 4 is 5.96 Å². The maximum atomic E-state index is 4.95. The average molecular weight is 382 g/mol.